The summed E-state index contributed by atoms with van der Waals surface area (Å²) in [5.74, 6) is 0. The minimum Gasteiger partial charge on any atom is -0.444 e. The van der Waals surface area contributed by atoms with E-state index in [1.165, 1.54) is 33.4 Å². The van der Waals surface area contributed by atoms with Crippen molar-refractivity contribution in [1.82, 2.24) is 40.4 Å². The highest BCUT2D eigenvalue weighted by Gasteiger charge is 2.28. The number of carbonyl (C=O) groups excluding carboxylic acids is 2. The predicted molar refractivity (Wildman–Crippen MR) is 377 cm³/mol. The van der Waals surface area contributed by atoms with E-state index in [1.807, 2.05) is 41.5 Å². The Hall–Kier alpha value is -5.50. The number of benzene rings is 6. The number of rotatable bonds is 21. The number of alkyl carbamates (subject to hydrolysis) is 2. The van der Waals surface area contributed by atoms with E-state index in [9.17, 15) is 9.59 Å². The second kappa shape index (κ2) is 42.5. The van der Waals surface area contributed by atoms with E-state index < -0.39 is 11.2 Å². The van der Waals surface area contributed by atoms with Gasteiger partial charge in [0.2, 0.25) is 0 Å². The molecule has 0 unspecified atom stereocenters. The molecule has 89 heavy (non-hydrogen) atoms. The van der Waals surface area contributed by atoms with Crippen molar-refractivity contribution in [2.24, 2.45) is 11.5 Å². The zero-order valence-corrected chi connectivity index (χ0v) is 57.5. The first-order chi connectivity index (χ1) is 43.1. The number of alkyl halides is 2. The van der Waals surface area contributed by atoms with Gasteiger partial charge in [-0.2, -0.15) is 0 Å². The number of halogens is 2. The fraction of sp³-hybridized carbons (Fsp3) is 0.479. The second-order valence-electron chi connectivity index (χ2n) is 24.4. The minimum atomic E-state index is -0.450. The molecule has 16 heteroatoms. The Kier molecular flexibility index (Phi) is 35.5. The van der Waals surface area contributed by atoms with Gasteiger partial charge >= 0.3 is 12.2 Å². The van der Waals surface area contributed by atoms with Crippen LogP contribution in [0.3, 0.4) is 0 Å². The average molecular weight is 1350 g/mol. The number of carbonyl (C=O) groups is 2. The zero-order valence-electron chi connectivity index (χ0n) is 54.3. The number of hydrogen-bond donors (Lipinski definition) is 5. The number of amides is 2. The van der Waals surface area contributed by atoms with Crippen LogP contribution in [-0.4, -0.2) is 176 Å². The average Bonchev–Trinajstić information content (AvgIpc) is 1.31. The summed E-state index contributed by atoms with van der Waals surface area (Å²) in [5, 5.41) is 10.9. The van der Waals surface area contributed by atoms with Gasteiger partial charge in [0.25, 0.3) is 0 Å². The van der Waals surface area contributed by atoms with Crippen molar-refractivity contribution in [3.05, 3.63) is 215 Å². The van der Waals surface area contributed by atoms with E-state index in [0.717, 1.165) is 141 Å². The molecule has 6 aromatic carbocycles. The maximum atomic E-state index is 11.7. The number of piperazine rings is 3. The van der Waals surface area contributed by atoms with E-state index in [2.05, 4.69) is 254 Å². The fourth-order valence-electron chi connectivity index (χ4n) is 10.9. The lowest BCUT2D eigenvalue weighted by Crippen LogP contribution is -2.48. The molecule has 9 rings (SSSR count). The van der Waals surface area contributed by atoms with E-state index in [-0.39, 0.29) is 12.2 Å². The standard InChI is InChI=1S/C25H35N3O2.C20H27N3.C17H20N2.C8H16BrNO2.C3H8BrN/c1-25(2,3)30-24(29)26-15-10-16-27-17-19-28(20-18-27)23(21-11-6-4-7-12-21)22-13-8-5-9-14-22;21-12-7-13-22-14-16-23(17-15-22)20(18-8-3-1-4-9-18)19-10-5-2-6-11-19;1-3-7-15(8-4-1)17(16-9-5-2-6-10-16)19-13-11-18-12-14-19;1-8(2,3)12-7(11)10-6-4-5-9;4-2-1-3-5/h4-9,11-14,23H,10,15-20H2,1-3H3,(H,26,29);1-6,8-11,20H,7,12-17,21H2;1-10,17-18H,11-14H2;4-6H2,1-3H3,(H,10,11);1-3,5H2. The molecular formula is C73H106Br2N10O4. The topological polar surface area (TPSA) is 157 Å². The molecule has 0 radical (unpaired) electrons. The number of nitrogens with two attached hydrogens (primary N) is 2. The molecule has 6 aromatic rings. The first-order valence-corrected chi connectivity index (χ1v) is 34.5. The van der Waals surface area contributed by atoms with Crippen molar-refractivity contribution in [3.8, 4) is 0 Å². The fourth-order valence-corrected chi connectivity index (χ4v) is 11.5. The van der Waals surface area contributed by atoms with Crippen LogP contribution >= 0.6 is 31.9 Å². The van der Waals surface area contributed by atoms with Crippen molar-refractivity contribution < 1.29 is 19.1 Å². The monoisotopic (exact) mass is 1340 g/mol. The van der Waals surface area contributed by atoms with Gasteiger partial charge in [-0.1, -0.05) is 214 Å². The third-order valence-electron chi connectivity index (χ3n) is 15.1. The SMILES string of the molecule is CC(C)(C)OC(=O)NCCCBr.CC(C)(C)OC(=O)NCCCN1CCN(C(c2ccccc2)c2ccccc2)CC1.NCCCBr.NCCCN1CCN(C(c2ccccc2)c2ccccc2)CC1.c1ccc(C(c2ccccc2)N2CCNCC2)cc1. The maximum absolute atomic E-state index is 11.7. The highest BCUT2D eigenvalue weighted by atomic mass is 79.9. The second-order valence-corrected chi connectivity index (χ2v) is 26.0. The maximum Gasteiger partial charge on any atom is 0.407 e. The Balaban J connectivity index is 0.000000219. The van der Waals surface area contributed by atoms with Crippen LogP contribution < -0.4 is 27.4 Å². The molecule has 0 atom stereocenters. The normalized spacial score (nSPS) is 15.2. The summed E-state index contributed by atoms with van der Waals surface area (Å²) >= 11 is 6.50. The Bertz CT molecular complexity index is 2610. The minimum absolute atomic E-state index is 0.295. The molecule has 3 heterocycles. The van der Waals surface area contributed by atoms with Crippen molar-refractivity contribution in [1.29, 1.82) is 0 Å². The Morgan fingerprint density at radius 3 is 0.944 bits per heavy atom. The third-order valence-corrected chi connectivity index (χ3v) is 16.2. The summed E-state index contributed by atoms with van der Waals surface area (Å²) in [5.41, 5.74) is 18.1. The molecule has 0 saturated carbocycles. The van der Waals surface area contributed by atoms with Crippen molar-refractivity contribution in [2.45, 2.75) is 96.6 Å². The van der Waals surface area contributed by atoms with Crippen LogP contribution in [0, 0.1) is 0 Å². The van der Waals surface area contributed by atoms with Crippen LogP contribution in [0.5, 0.6) is 0 Å². The van der Waals surface area contributed by atoms with E-state index in [0.29, 0.717) is 31.2 Å². The highest BCUT2D eigenvalue weighted by molar-refractivity contribution is 9.09. The van der Waals surface area contributed by atoms with Crippen LogP contribution in [0.15, 0.2) is 182 Å². The summed E-state index contributed by atoms with van der Waals surface area (Å²) in [7, 11) is 0. The summed E-state index contributed by atoms with van der Waals surface area (Å²) in [6.07, 6.45) is 3.35. The molecule has 0 bridgehead atoms. The molecule has 3 fully saturated rings. The number of nitrogens with zero attached hydrogens (tertiary/aromatic N) is 5. The van der Waals surface area contributed by atoms with Crippen LogP contribution in [0.4, 0.5) is 9.59 Å². The van der Waals surface area contributed by atoms with Gasteiger partial charge in [0.15, 0.2) is 0 Å². The molecule has 7 N–H and O–H groups in total. The molecule has 0 spiro atoms. The number of ether oxygens (including phenoxy) is 2. The quantitative estimate of drug-likeness (QED) is 0.0344. The number of hydrogen-bond acceptors (Lipinski definition) is 12. The van der Waals surface area contributed by atoms with Gasteiger partial charge in [-0.15, -0.1) is 0 Å². The summed E-state index contributed by atoms with van der Waals surface area (Å²) < 4.78 is 10.3. The van der Waals surface area contributed by atoms with Gasteiger partial charge in [0, 0.05) is 102 Å². The first-order valence-electron chi connectivity index (χ1n) is 32.3. The van der Waals surface area contributed by atoms with E-state index >= 15 is 0 Å². The molecule has 486 valence electrons. The zero-order chi connectivity index (χ0) is 64.0. The van der Waals surface area contributed by atoms with Crippen LogP contribution in [0.2, 0.25) is 0 Å². The molecule has 14 nitrogen and oxygen atoms in total. The van der Waals surface area contributed by atoms with Crippen molar-refractivity contribution in [2.75, 3.05) is 128 Å². The van der Waals surface area contributed by atoms with Gasteiger partial charge in [0.1, 0.15) is 11.2 Å². The van der Waals surface area contributed by atoms with E-state index in [4.69, 9.17) is 20.9 Å². The van der Waals surface area contributed by atoms with Gasteiger partial charge < -0.3 is 46.7 Å². The summed E-state index contributed by atoms with van der Waals surface area (Å²) in [6, 6.07) is 66.0. The van der Waals surface area contributed by atoms with Gasteiger partial charge in [0.05, 0.1) is 18.1 Å². The van der Waals surface area contributed by atoms with Crippen molar-refractivity contribution in [3.63, 3.8) is 0 Å². The summed E-state index contributed by atoms with van der Waals surface area (Å²) in [4.78, 5) is 35.5. The third kappa shape index (κ3) is 29.6. The number of nitrogens with one attached hydrogen (secondary N) is 3. The van der Waals surface area contributed by atoms with Crippen molar-refractivity contribution >= 4 is 44.0 Å². The smallest absolute Gasteiger partial charge is 0.407 e. The largest absolute Gasteiger partial charge is 0.444 e. The lowest BCUT2D eigenvalue weighted by Gasteiger charge is -2.39. The van der Waals surface area contributed by atoms with Crippen LogP contribution in [0.1, 0.15) is 119 Å². The van der Waals surface area contributed by atoms with Crippen LogP contribution in [-0.2, 0) is 9.47 Å². The molecule has 0 aliphatic carbocycles. The summed E-state index contributed by atoms with van der Waals surface area (Å²) in [6.45, 7) is 29.2. The van der Waals surface area contributed by atoms with Gasteiger partial charge in [-0.05, 0) is 127 Å². The lowest BCUT2D eigenvalue weighted by molar-refractivity contribution is 0.0514. The molecular weight excluding hydrogens is 1240 g/mol. The molecule has 3 saturated heterocycles. The lowest BCUT2D eigenvalue weighted by atomic mass is 9.96. The molecule has 3 aliphatic heterocycles. The predicted octanol–water partition coefficient (Wildman–Crippen LogP) is 12.8. The Labute approximate surface area is 552 Å². The van der Waals surface area contributed by atoms with Crippen LogP contribution in [0.25, 0.3) is 0 Å². The molecule has 3 aliphatic rings. The van der Waals surface area contributed by atoms with E-state index in [1.54, 1.807) is 0 Å². The Morgan fingerprint density at radius 2 is 0.685 bits per heavy atom. The molecule has 0 aromatic heterocycles. The van der Waals surface area contributed by atoms with Gasteiger partial charge in [-0.25, -0.2) is 9.59 Å². The molecule has 2 amide bonds. The highest BCUT2D eigenvalue weighted by Crippen LogP contribution is 2.32. The Morgan fingerprint density at radius 1 is 0.416 bits per heavy atom. The van der Waals surface area contributed by atoms with Gasteiger partial charge in [-0.3, -0.25) is 14.7 Å². The first kappa shape index (κ1) is 74.2.